The lowest BCUT2D eigenvalue weighted by atomic mass is 10.0. The maximum Gasteiger partial charge on any atom is 0.192 e. The molecule has 0 bridgehead atoms. The van der Waals surface area contributed by atoms with Gasteiger partial charge in [0.15, 0.2) is 8.32 Å². The molecule has 0 unspecified atom stereocenters. The van der Waals surface area contributed by atoms with E-state index in [4.69, 9.17) is 4.43 Å². The average molecular weight is 401 g/mol. The van der Waals surface area contributed by atoms with Crippen molar-refractivity contribution in [3.63, 3.8) is 0 Å². The van der Waals surface area contributed by atoms with Crippen molar-refractivity contribution in [3.05, 3.63) is 12.7 Å². The Labute approximate surface area is 170 Å². The Balaban J connectivity index is 3.60. The summed E-state index contributed by atoms with van der Waals surface area (Å²) < 4.78 is 6.04. The van der Waals surface area contributed by atoms with Crippen molar-refractivity contribution in [3.8, 4) is 0 Å². The van der Waals surface area contributed by atoms with Gasteiger partial charge in [0.1, 0.15) is 0 Å². The highest BCUT2D eigenvalue weighted by molar-refractivity contribution is 6.74. The van der Waals surface area contributed by atoms with Crippen molar-refractivity contribution in [2.24, 2.45) is 0 Å². The first-order valence-corrected chi connectivity index (χ1v) is 14.1. The van der Waals surface area contributed by atoms with Gasteiger partial charge in [-0.25, -0.2) is 0 Å². The van der Waals surface area contributed by atoms with E-state index in [0.717, 1.165) is 19.3 Å². The van der Waals surface area contributed by atoms with Crippen LogP contribution in [0.1, 0.15) is 97.8 Å². The van der Waals surface area contributed by atoms with Gasteiger partial charge in [-0.2, -0.15) is 0 Å². The van der Waals surface area contributed by atoms with Gasteiger partial charge < -0.3 is 14.6 Å². The van der Waals surface area contributed by atoms with Gasteiger partial charge >= 0.3 is 0 Å². The van der Waals surface area contributed by atoms with Crippen LogP contribution in [0.3, 0.4) is 0 Å². The molecule has 0 aromatic heterocycles. The Morgan fingerprint density at radius 2 is 1.33 bits per heavy atom. The van der Waals surface area contributed by atoms with Crippen LogP contribution in [0, 0.1) is 0 Å². The largest absolute Gasteiger partial charge is 0.414 e. The summed E-state index contributed by atoms with van der Waals surface area (Å²) >= 11 is 0. The molecule has 0 saturated carbocycles. The molecule has 27 heavy (non-hydrogen) atoms. The van der Waals surface area contributed by atoms with Crippen LogP contribution >= 0.6 is 0 Å². The third-order valence-corrected chi connectivity index (χ3v) is 10.4. The summed E-state index contributed by atoms with van der Waals surface area (Å²) in [6, 6.07) is 0. The van der Waals surface area contributed by atoms with Crippen molar-refractivity contribution < 1.29 is 14.6 Å². The summed E-state index contributed by atoms with van der Waals surface area (Å²) in [6.45, 7) is 15.1. The smallest absolute Gasteiger partial charge is 0.192 e. The lowest BCUT2D eigenvalue weighted by Gasteiger charge is -2.36. The van der Waals surface area contributed by atoms with Crippen LogP contribution in [-0.2, 0) is 4.43 Å². The Morgan fingerprint density at radius 1 is 0.852 bits per heavy atom. The molecule has 0 fully saturated rings. The van der Waals surface area contributed by atoms with Crippen LogP contribution in [0.4, 0.5) is 0 Å². The predicted octanol–water partition coefficient (Wildman–Crippen LogP) is 6.60. The highest BCUT2D eigenvalue weighted by Crippen LogP contribution is 2.36. The molecular weight excluding hydrogens is 352 g/mol. The second-order valence-corrected chi connectivity index (χ2v) is 14.5. The van der Waals surface area contributed by atoms with Crippen molar-refractivity contribution in [1.29, 1.82) is 0 Å². The predicted molar refractivity (Wildman–Crippen MR) is 121 cm³/mol. The molecule has 2 atom stereocenters. The second-order valence-electron chi connectivity index (χ2n) is 9.66. The van der Waals surface area contributed by atoms with E-state index < -0.39 is 20.5 Å². The van der Waals surface area contributed by atoms with Crippen LogP contribution in [0.25, 0.3) is 0 Å². The highest BCUT2D eigenvalue weighted by atomic mass is 28.4. The average Bonchev–Trinajstić information content (AvgIpc) is 2.57. The molecule has 0 amide bonds. The van der Waals surface area contributed by atoms with Gasteiger partial charge in [0, 0.05) is 6.42 Å². The fraction of sp³-hybridized carbons (Fsp3) is 0.913. The van der Waals surface area contributed by atoms with Gasteiger partial charge in [-0.05, 0) is 37.4 Å². The minimum absolute atomic E-state index is 0.150. The van der Waals surface area contributed by atoms with Gasteiger partial charge in [0.05, 0.1) is 18.8 Å². The Bertz CT molecular complexity index is 363. The van der Waals surface area contributed by atoms with Crippen molar-refractivity contribution >= 4 is 8.32 Å². The lowest BCUT2D eigenvalue weighted by molar-refractivity contribution is 0.0412. The number of hydrogen-bond acceptors (Lipinski definition) is 3. The molecule has 4 heteroatoms. The first-order valence-electron chi connectivity index (χ1n) is 11.2. The fourth-order valence-electron chi connectivity index (χ4n) is 2.93. The molecule has 0 heterocycles. The van der Waals surface area contributed by atoms with Gasteiger partial charge in [0.25, 0.3) is 0 Å². The van der Waals surface area contributed by atoms with Gasteiger partial charge in [-0.1, -0.05) is 78.2 Å². The van der Waals surface area contributed by atoms with Gasteiger partial charge in [-0.15, -0.1) is 6.58 Å². The molecule has 0 rings (SSSR count). The normalized spacial score (nSPS) is 14.9. The molecule has 0 aliphatic carbocycles. The molecule has 0 saturated heterocycles. The number of unbranched alkanes of at least 4 members (excludes halogenated alkanes) is 9. The molecule has 0 aliphatic heterocycles. The molecule has 0 radical (unpaired) electrons. The minimum atomic E-state index is -1.82. The van der Waals surface area contributed by atoms with Crippen molar-refractivity contribution in [2.75, 3.05) is 6.61 Å². The zero-order chi connectivity index (χ0) is 20.8. The number of aliphatic hydroxyl groups excluding tert-OH is 2. The van der Waals surface area contributed by atoms with Crippen LogP contribution in [0.15, 0.2) is 12.7 Å². The molecule has 0 aliphatic rings. The Morgan fingerprint density at radius 3 is 1.81 bits per heavy atom. The maximum atomic E-state index is 10.2. The summed E-state index contributed by atoms with van der Waals surface area (Å²) in [7, 11) is -1.82. The van der Waals surface area contributed by atoms with Crippen LogP contribution in [0.2, 0.25) is 18.1 Å². The third kappa shape index (κ3) is 14.5. The Hall–Kier alpha value is -0.163. The standard InChI is InChI=1S/C23H48O3Si/c1-7-8-9-10-11-12-13-14-15-16-17-18-21(24)19-22(25)20-26-27(5,6)23(2,3)4/h7,21-22,24-25H,1,8-20H2,2-6H3/t21-,22-/m0/s1. The van der Waals surface area contributed by atoms with Crippen molar-refractivity contribution in [2.45, 2.75) is 128 Å². The summed E-state index contributed by atoms with van der Waals surface area (Å²) in [6.07, 6.45) is 14.9. The SMILES string of the molecule is C=CCCCCCCCCCCC[C@H](O)C[C@H](O)CO[Si](C)(C)C(C)(C)C. The monoisotopic (exact) mass is 400 g/mol. The molecular formula is C23H48O3Si. The molecule has 162 valence electrons. The zero-order valence-corrected chi connectivity index (χ0v) is 19.9. The third-order valence-electron chi connectivity index (χ3n) is 5.93. The topological polar surface area (TPSA) is 49.7 Å². The lowest BCUT2D eigenvalue weighted by Crippen LogP contribution is -2.43. The first kappa shape index (κ1) is 26.8. The van der Waals surface area contributed by atoms with Gasteiger partial charge in [-0.3, -0.25) is 0 Å². The molecule has 2 N–H and O–H groups in total. The number of rotatable bonds is 17. The van der Waals surface area contributed by atoms with E-state index in [1.54, 1.807) is 0 Å². The number of allylic oxidation sites excluding steroid dienone is 1. The van der Waals surface area contributed by atoms with Gasteiger partial charge in [0.2, 0.25) is 0 Å². The van der Waals surface area contributed by atoms with E-state index in [1.807, 2.05) is 6.08 Å². The highest BCUT2D eigenvalue weighted by Gasteiger charge is 2.37. The summed E-state index contributed by atoms with van der Waals surface area (Å²) in [5.41, 5.74) is 0. The van der Waals surface area contributed by atoms with Crippen LogP contribution in [0.5, 0.6) is 0 Å². The molecule has 0 aromatic carbocycles. The van der Waals surface area contributed by atoms with Crippen LogP contribution in [-0.4, -0.2) is 37.3 Å². The second kappa shape index (κ2) is 14.8. The minimum Gasteiger partial charge on any atom is -0.414 e. The van der Waals surface area contributed by atoms with E-state index in [9.17, 15) is 10.2 Å². The Kier molecular flexibility index (Phi) is 14.7. The number of hydrogen-bond donors (Lipinski definition) is 2. The fourth-order valence-corrected chi connectivity index (χ4v) is 3.97. The summed E-state index contributed by atoms with van der Waals surface area (Å²) in [5, 5.41) is 20.4. The van der Waals surface area contributed by atoms with E-state index in [1.165, 1.54) is 51.4 Å². The molecule has 0 aromatic rings. The first-order chi connectivity index (χ1) is 12.6. The van der Waals surface area contributed by atoms with E-state index in [0.29, 0.717) is 13.0 Å². The zero-order valence-electron chi connectivity index (χ0n) is 18.9. The van der Waals surface area contributed by atoms with Crippen LogP contribution < -0.4 is 0 Å². The van der Waals surface area contributed by atoms with E-state index >= 15 is 0 Å². The number of aliphatic hydroxyl groups is 2. The quantitative estimate of drug-likeness (QED) is 0.164. The molecule has 0 spiro atoms. The van der Waals surface area contributed by atoms with Crippen molar-refractivity contribution in [1.82, 2.24) is 0 Å². The van der Waals surface area contributed by atoms with E-state index in [-0.39, 0.29) is 5.04 Å². The van der Waals surface area contributed by atoms with E-state index in [2.05, 4.69) is 40.4 Å². The molecule has 3 nitrogen and oxygen atoms in total. The summed E-state index contributed by atoms with van der Waals surface area (Å²) in [5.74, 6) is 0. The maximum absolute atomic E-state index is 10.2. The summed E-state index contributed by atoms with van der Waals surface area (Å²) in [4.78, 5) is 0.